The Balaban J connectivity index is 1.50. The van der Waals surface area contributed by atoms with Gasteiger partial charge in [-0.1, -0.05) is 17.7 Å². The Hall–Kier alpha value is -2.41. The second-order valence-corrected chi connectivity index (χ2v) is 8.04. The Morgan fingerprint density at radius 3 is 2.76 bits per heavy atom. The molecule has 2 aliphatic rings. The van der Waals surface area contributed by atoms with E-state index in [1.165, 1.54) is 4.90 Å². The molecule has 29 heavy (non-hydrogen) atoms. The van der Waals surface area contributed by atoms with E-state index in [0.29, 0.717) is 36.1 Å². The van der Waals surface area contributed by atoms with Crippen molar-refractivity contribution >= 4 is 34.5 Å². The van der Waals surface area contributed by atoms with Crippen LogP contribution in [0.3, 0.4) is 0 Å². The molecule has 2 fully saturated rings. The molecule has 2 aromatic rings. The van der Waals surface area contributed by atoms with E-state index in [0.717, 1.165) is 29.4 Å². The summed E-state index contributed by atoms with van der Waals surface area (Å²) in [7, 11) is 0. The minimum Gasteiger partial charge on any atom is -0.447 e. The van der Waals surface area contributed by atoms with Crippen LogP contribution in [-0.2, 0) is 4.74 Å². The van der Waals surface area contributed by atoms with Crippen molar-refractivity contribution in [3.8, 4) is 0 Å². The van der Waals surface area contributed by atoms with Gasteiger partial charge in [-0.15, -0.1) is 0 Å². The third-order valence-corrected chi connectivity index (χ3v) is 5.78. The first-order valence-electron chi connectivity index (χ1n) is 9.86. The number of carbonyl (C=O) groups is 2. The minimum absolute atomic E-state index is 0.106. The highest BCUT2D eigenvalue weighted by atomic mass is 35.5. The van der Waals surface area contributed by atoms with Crippen LogP contribution in [0.25, 0.3) is 10.9 Å². The largest absolute Gasteiger partial charge is 0.447 e. The van der Waals surface area contributed by atoms with Crippen LogP contribution in [0, 0.1) is 0 Å². The molecule has 0 radical (unpaired) electrons. The summed E-state index contributed by atoms with van der Waals surface area (Å²) in [5.41, 5.74) is 2.27. The molecule has 0 bridgehead atoms. The number of hydrogen-bond donors (Lipinski definition) is 0. The van der Waals surface area contributed by atoms with Gasteiger partial charge in [-0.3, -0.25) is 9.78 Å². The Kier molecular flexibility index (Phi) is 5.58. The second kappa shape index (κ2) is 8.14. The predicted octanol–water partition coefficient (Wildman–Crippen LogP) is 4.02. The van der Waals surface area contributed by atoms with E-state index in [2.05, 4.69) is 0 Å². The summed E-state index contributed by atoms with van der Waals surface area (Å²) in [5, 5.41) is 1.49. The van der Waals surface area contributed by atoms with Crippen LogP contribution in [0.1, 0.15) is 41.7 Å². The van der Waals surface area contributed by atoms with Gasteiger partial charge in [0.2, 0.25) is 0 Å². The fourth-order valence-electron chi connectivity index (χ4n) is 3.73. The van der Waals surface area contributed by atoms with Crippen LogP contribution >= 0.6 is 11.6 Å². The van der Waals surface area contributed by atoms with Crippen molar-refractivity contribution < 1.29 is 18.7 Å². The Morgan fingerprint density at radius 1 is 1.28 bits per heavy atom. The van der Waals surface area contributed by atoms with E-state index in [9.17, 15) is 14.0 Å². The van der Waals surface area contributed by atoms with Crippen LogP contribution in [-0.4, -0.2) is 65.7 Å². The van der Waals surface area contributed by atoms with E-state index in [1.54, 1.807) is 17.0 Å². The summed E-state index contributed by atoms with van der Waals surface area (Å²) in [6, 6.07) is 7.14. The number of benzene rings is 1. The first-order valence-corrected chi connectivity index (χ1v) is 10.2. The van der Waals surface area contributed by atoms with Crippen LogP contribution in [0.2, 0.25) is 5.02 Å². The van der Waals surface area contributed by atoms with E-state index >= 15 is 0 Å². The Bertz CT molecular complexity index is 950. The van der Waals surface area contributed by atoms with Crippen LogP contribution in [0.4, 0.5) is 9.18 Å². The molecule has 6 nitrogen and oxygen atoms in total. The minimum atomic E-state index is -0.706. The molecule has 1 aromatic carbocycles. The highest BCUT2D eigenvalue weighted by Crippen LogP contribution is 2.41. The maximum Gasteiger partial charge on any atom is 0.409 e. The van der Waals surface area contributed by atoms with Crippen molar-refractivity contribution in [3.63, 3.8) is 0 Å². The fraction of sp³-hybridized carbons (Fsp3) is 0.476. The van der Waals surface area contributed by atoms with Gasteiger partial charge in [0.25, 0.3) is 5.91 Å². The lowest BCUT2D eigenvalue weighted by molar-refractivity contribution is 0.0403. The molecule has 8 heteroatoms. The molecule has 4 rings (SSSR count). The van der Waals surface area contributed by atoms with E-state index < -0.39 is 12.8 Å². The zero-order valence-corrected chi connectivity index (χ0v) is 17.0. The standard InChI is InChI=1S/C21H23ClFN3O3/c1-13-12-25(21(28)29-9-6-23)7-8-26(13)20(27)15-4-5-16-17(22)11-18(14-2-3-14)24-19(16)10-15/h4-5,10-11,13-14H,2-3,6-9,12H2,1H3. The average molecular weight is 420 g/mol. The topological polar surface area (TPSA) is 62.7 Å². The van der Waals surface area contributed by atoms with Gasteiger partial charge in [0, 0.05) is 48.2 Å². The molecule has 0 spiro atoms. The van der Waals surface area contributed by atoms with E-state index in [1.807, 2.05) is 19.1 Å². The van der Waals surface area contributed by atoms with Gasteiger partial charge in [-0.2, -0.15) is 0 Å². The lowest BCUT2D eigenvalue weighted by atomic mass is 10.1. The molecule has 1 saturated carbocycles. The summed E-state index contributed by atoms with van der Waals surface area (Å²) in [5.74, 6) is 0.368. The fourth-order valence-corrected chi connectivity index (χ4v) is 4.01. The van der Waals surface area contributed by atoms with Gasteiger partial charge in [0.1, 0.15) is 13.3 Å². The zero-order valence-electron chi connectivity index (χ0n) is 16.2. The number of aromatic nitrogens is 1. The highest BCUT2D eigenvalue weighted by molar-refractivity contribution is 6.35. The zero-order chi connectivity index (χ0) is 20.5. The van der Waals surface area contributed by atoms with Crippen LogP contribution in [0.15, 0.2) is 24.3 Å². The molecule has 0 N–H and O–H groups in total. The number of ether oxygens (including phenoxy) is 1. The molecule has 1 aliphatic heterocycles. The van der Waals surface area contributed by atoms with Crippen molar-refractivity contribution in [3.05, 3.63) is 40.5 Å². The number of halogens is 2. The number of fused-ring (bicyclic) bond motifs is 1. The molecular formula is C21H23ClFN3O3. The molecule has 1 aromatic heterocycles. The molecule has 154 valence electrons. The lowest BCUT2D eigenvalue weighted by Gasteiger charge is -2.39. The van der Waals surface area contributed by atoms with Crippen LogP contribution in [0.5, 0.6) is 0 Å². The third kappa shape index (κ3) is 4.15. The molecule has 1 unspecified atom stereocenters. The molecule has 2 amide bonds. The monoisotopic (exact) mass is 419 g/mol. The van der Waals surface area contributed by atoms with Gasteiger partial charge >= 0.3 is 6.09 Å². The number of rotatable bonds is 4. The van der Waals surface area contributed by atoms with Crippen molar-refractivity contribution in [2.75, 3.05) is 32.9 Å². The van der Waals surface area contributed by atoms with Gasteiger partial charge in [-0.05, 0) is 38.0 Å². The molecule has 2 heterocycles. The first kappa shape index (κ1) is 19.9. The number of amides is 2. The SMILES string of the molecule is CC1CN(C(=O)OCCF)CCN1C(=O)c1ccc2c(Cl)cc(C3CC3)nc2c1. The Labute approximate surface area is 173 Å². The van der Waals surface area contributed by atoms with Crippen LogP contribution < -0.4 is 0 Å². The third-order valence-electron chi connectivity index (χ3n) is 5.47. The molecular weight excluding hydrogens is 397 g/mol. The summed E-state index contributed by atoms with van der Waals surface area (Å²) >= 11 is 6.41. The summed E-state index contributed by atoms with van der Waals surface area (Å²) in [6.45, 7) is 2.02. The van der Waals surface area contributed by atoms with Gasteiger partial charge in [0.15, 0.2) is 0 Å². The van der Waals surface area contributed by atoms with Gasteiger partial charge in [-0.25, -0.2) is 9.18 Å². The summed E-state index contributed by atoms with van der Waals surface area (Å²) < 4.78 is 17.0. The number of hydrogen-bond acceptors (Lipinski definition) is 4. The number of nitrogens with zero attached hydrogens (tertiary/aromatic N) is 3. The number of carbonyl (C=O) groups excluding carboxylic acids is 2. The molecule has 1 aliphatic carbocycles. The van der Waals surface area contributed by atoms with Crippen molar-refractivity contribution in [1.29, 1.82) is 0 Å². The van der Waals surface area contributed by atoms with Gasteiger partial charge < -0.3 is 14.5 Å². The predicted molar refractivity (Wildman–Crippen MR) is 108 cm³/mol. The Morgan fingerprint density at radius 2 is 2.07 bits per heavy atom. The van der Waals surface area contributed by atoms with E-state index in [4.69, 9.17) is 21.3 Å². The normalized spacial score (nSPS) is 19.5. The quantitative estimate of drug-likeness (QED) is 0.751. The smallest absolute Gasteiger partial charge is 0.409 e. The molecule has 1 saturated heterocycles. The van der Waals surface area contributed by atoms with E-state index in [-0.39, 0.29) is 18.6 Å². The number of pyridine rings is 1. The highest BCUT2D eigenvalue weighted by Gasteiger charge is 2.31. The average Bonchev–Trinajstić information content (AvgIpc) is 3.56. The summed E-state index contributed by atoms with van der Waals surface area (Å²) in [4.78, 5) is 33.0. The lowest BCUT2D eigenvalue weighted by Crippen LogP contribution is -2.55. The number of alkyl halides is 1. The van der Waals surface area contributed by atoms with Crippen molar-refractivity contribution in [2.24, 2.45) is 0 Å². The maximum atomic E-state index is 13.1. The molecule has 1 atom stereocenters. The maximum absolute atomic E-state index is 13.1. The van der Waals surface area contributed by atoms with Crippen molar-refractivity contribution in [2.45, 2.75) is 31.7 Å². The second-order valence-electron chi connectivity index (χ2n) is 7.63. The summed E-state index contributed by atoms with van der Waals surface area (Å²) in [6.07, 6.45) is 1.71. The first-order chi connectivity index (χ1) is 14.0. The number of piperazine rings is 1. The van der Waals surface area contributed by atoms with Gasteiger partial charge in [0.05, 0.1) is 10.5 Å². The van der Waals surface area contributed by atoms with Crippen molar-refractivity contribution in [1.82, 2.24) is 14.8 Å².